The average Bonchev–Trinajstić information content (AvgIpc) is 2.22. The highest BCUT2D eigenvalue weighted by Gasteiger charge is 2.70. The summed E-state index contributed by atoms with van der Waals surface area (Å²) in [5.41, 5.74) is 0. The largest absolute Gasteiger partial charge is 0.478 e. The molecule has 0 atom stereocenters. The van der Waals surface area contributed by atoms with Crippen molar-refractivity contribution in [1.82, 2.24) is 8.61 Å². The summed E-state index contributed by atoms with van der Waals surface area (Å²) in [5, 5.41) is 0. The Morgan fingerprint density at radius 1 is 0.625 bits per heavy atom. The van der Waals surface area contributed by atoms with E-state index in [-0.39, 0.29) is 0 Å². The summed E-state index contributed by atoms with van der Waals surface area (Å²) in [6.45, 7) is -15.4. The van der Waals surface area contributed by atoms with Gasteiger partial charge in [0, 0.05) is 0 Å². The first-order chi connectivity index (χ1) is 10.3. The molecule has 24 heavy (non-hydrogen) atoms. The van der Waals surface area contributed by atoms with Crippen molar-refractivity contribution in [3.05, 3.63) is 0 Å². The van der Waals surface area contributed by atoms with Crippen LogP contribution < -0.4 is 0 Å². The van der Waals surface area contributed by atoms with Crippen molar-refractivity contribution in [3.8, 4) is 0 Å². The lowest BCUT2D eigenvalue weighted by Crippen LogP contribution is -2.59. The lowest BCUT2D eigenvalue weighted by Gasteiger charge is -2.29. The number of alkyl halides is 11. The first kappa shape index (κ1) is 23.1. The van der Waals surface area contributed by atoms with E-state index in [1.807, 2.05) is 0 Å². The molecule has 0 aliphatic rings. The average molecular weight is 428 g/mol. The molecule has 146 valence electrons. The molecule has 0 fully saturated rings. The minimum absolute atomic E-state index is 2.75. The number of hydrogen-bond donors (Lipinski definition) is 0. The van der Waals surface area contributed by atoms with Gasteiger partial charge in [0.1, 0.15) is 0 Å². The molecule has 0 aromatic rings. The van der Waals surface area contributed by atoms with Gasteiger partial charge in [-0.2, -0.15) is 48.3 Å². The maximum atomic E-state index is 13.3. The fourth-order valence-corrected chi connectivity index (χ4v) is 3.96. The van der Waals surface area contributed by atoms with Crippen LogP contribution in [0.4, 0.5) is 48.3 Å². The smallest absolute Gasteiger partial charge is 0.204 e. The van der Waals surface area contributed by atoms with Gasteiger partial charge in [0.25, 0.3) is 0 Å². The second-order valence-corrected chi connectivity index (χ2v) is 7.40. The Balaban J connectivity index is 6.49. The molecule has 0 aliphatic heterocycles. The molecule has 0 N–H and O–H groups in total. The Morgan fingerprint density at radius 2 is 0.958 bits per heavy atom. The predicted molar refractivity (Wildman–Crippen MR) is 50.5 cm³/mol. The summed E-state index contributed by atoms with van der Waals surface area (Å²) >= 11 is 0. The number of rotatable bonds is 7. The molecule has 19 heteroatoms. The van der Waals surface area contributed by atoms with Crippen molar-refractivity contribution in [2.75, 3.05) is 0 Å². The maximum Gasteiger partial charge on any atom is 0.478 e. The van der Waals surface area contributed by atoms with Crippen molar-refractivity contribution >= 4 is 20.0 Å². The first-order valence-electron chi connectivity index (χ1n) is 4.69. The van der Waals surface area contributed by atoms with E-state index in [9.17, 15) is 65.1 Å². The first-order valence-corrected chi connectivity index (χ1v) is 7.57. The zero-order chi connectivity index (χ0) is 19.9. The van der Waals surface area contributed by atoms with Gasteiger partial charge in [-0.05, 0) is 4.31 Å². The standard InChI is InChI=1S/C5H3F11N2O4S2/c6-1(7)17(2(8)9)23(19,20)5(15,16)24(21,22)18(3(10)11)4(12,13)14/h1-3H. The van der Waals surface area contributed by atoms with E-state index < -0.39 is 59.2 Å². The topological polar surface area (TPSA) is 74.8 Å². The van der Waals surface area contributed by atoms with Crippen LogP contribution in [0.25, 0.3) is 0 Å². The van der Waals surface area contributed by atoms with E-state index in [1.54, 1.807) is 0 Å². The van der Waals surface area contributed by atoms with Crippen LogP contribution >= 0.6 is 0 Å². The van der Waals surface area contributed by atoms with E-state index in [1.165, 1.54) is 0 Å². The lowest BCUT2D eigenvalue weighted by atomic mass is 11.0. The number of nitrogens with zero attached hydrogens (tertiary/aromatic N) is 2. The minimum atomic E-state index is -8.00. The van der Waals surface area contributed by atoms with Gasteiger partial charge < -0.3 is 0 Å². The van der Waals surface area contributed by atoms with Crippen LogP contribution in [0.3, 0.4) is 0 Å². The van der Waals surface area contributed by atoms with E-state index in [0.29, 0.717) is 0 Å². The Labute approximate surface area is 125 Å². The summed E-state index contributed by atoms with van der Waals surface area (Å²) in [6.07, 6.45) is -6.83. The quantitative estimate of drug-likeness (QED) is 0.459. The maximum absolute atomic E-state index is 13.3. The molecular weight excluding hydrogens is 425 g/mol. The van der Waals surface area contributed by atoms with E-state index in [2.05, 4.69) is 0 Å². The summed E-state index contributed by atoms with van der Waals surface area (Å²) in [4.78, 5) is 0. The summed E-state index contributed by atoms with van der Waals surface area (Å²) in [5.74, 6) is 0. The van der Waals surface area contributed by atoms with Crippen LogP contribution in [0.5, 0.6) is 0 Å². The molecule has 0 saturated heterocycles. The van der Waals surface area contributed by atoms with Crippen LogP contribution in [-0.2, 0) is 20.0 Å². The summed E-state index contributed by atoms with van der Waals surface area (Å²) in [7, 11) is -15.8. The Bertz CT molecular complexity index is 634. The third kappa shape index (κ3) is 3.82. The number of halogens is 11. The van der Waals surface area contributed by atoms with Crippen molar-refractivity contribution in [1.29, 1.82) is 0 Å². The highest BCUT2D eigenvalue weighted by molar-refractivity contribution is 8.07. The van der Waals surface area contributed by atoms with Crippen LogP contribution in [0.1, 0.15) is 0 Å². The molecule has 0 amide bonds. The summed E-state index contributed by atoms with van der Waals surface area (Å²) < 4.78 is 166. The van der Waals surface area contributed by atoms with Crippen LogP contribution in [-0.4, -0.2) is 56.0 Å². The second-order valence-electron chi connectivity index (χ2n) is 3.40. The molecule has 0 aromatic carbocycles. The highest BCUT2D eigenvalue weighted by Crippen LogP contribution is 2.41. The third-order valence-corrected chi connectivity index (χ3v) is 6.17. The number of hydrogen-bond acceptors (Lipinski definition) is 4. The SMILES string of the molecule is O=S(=O)(N(C(F)F)C(F)F)C(F)(F)S(=O)(=O)N(C(F)F)C(F)(F)F. The lowest BCUT2D eigenvalue weighted by molar-refractivity contribution is -0.254. The molecule has 0 rings (SSSR count). The monoisotopic (exact) mass is 428 g/mol. The van der Waals surface area contributed by atoms with Gasteiger partial charge in [0.15, 0.2) is 0 Å². The van der Waals surface area contributed by atoms with E-state index in [4.69, 9.17) is 0 Å². The van der Waals surface area contributed by atoms with Gasteiger partial charge in [-0.15, -0.1) is 0 Å². The highest BCUT2D eigenvalue weighted by atomic mass is 32.3. The molecule has 6 nitrogen and oxygen atoms in total. The van der Waals surface area contributed by atoms with Crippen molar-refractivity contribution < 1.29 is 65.1 Å². The van der Waals surface area contributed by atoms with Crippen molar-refractivity contribution in [2.45, 2.75) is 30.5 Å². The number of sulfonamides is 2. The Hall–Kier alpha value is -0.950. The fourth-order valence-electron chi connectivity index (χ4n) is 1.02. The Morgan fingerprint density at radius 3 is 1.17 bits per heavy atom. The zero-order valence-corrected chi connectivity index (χ0v) is 11.9. The van der Waals surface area contributed by atoms with Crippen LogP contribution in [0.2, 0.25) is 0 Å². The van der Waals surface area contributed by atoms with Gasteiger partial charge in [0.2, 0.25) is 0 Å². The second kappa shape index (κ2) is 6.75. The van der Waals surface area contributed by atoms with E-state index >= 15 is 0 Å². The summed E-state index contributed by atoms with van der Waals surface area (Å²) in [6, 6.07) is 0. The molecule has 0 heterocycles. The minimum Gasteiger partial charge on any atom is -0.204 e. The van der Waals surface area contributed by atoms with Crippen molar-refractivity contribution in [2.24, 2.45) is 0 Å². The molecule has 0 aliphatic carbocycles. The third-order valence-electron chi connectivity index (χ3n) is 1.95. The van der Waals surface area contributed by atoms with Gasteiger partial charge in [-0.1, -0.05) is 4.31 Å². The predicted octanol–water partition coefficient (Wildman–Crippen LogP) is 1.99. The Kier molecular flexibility index (Phi) is 6.48. The van der Waals surface area contributed by atoms with Crippen LogP contribution in [0, 0.1) is 0 Å². The normalized spacial score (nSPS) is 15.3. The van der Waals surface area contributed by atoms with Crippen molar-refractivity contribution in [3.63, 3.8) is 0 Å². The molecule has 0 spiro atoms. The zero-order valence-electron chi connectivity index (χ0n) is 10.2. The molecule has 0 radical (unpaired) electrons. The van der Waals surface area contributed by atoms with Gasteiger partial charge >= 0.3 is 50.6 Å². The van der Waals surface area contributed by atoms with Gasteiger partial charge in [-0.25, -0.2) is 16.8 Å². The molecule has 0 unspecified atom stereocenters. The molecule has 0 bridgehead atoms. The van der Waals surface area contributed by atoms with Gasteiger partial charge in [-0.3, -0.25) is 0 Å². The van der Waals surface area contributed by atoms with Gasteiger partial charge in [0.05, 0.1) is 0 Å². The molecular formula is C5H3F11N2O4S2. The fraction of sp³-hybridized carbons (Fsp3) is 1.00. The molecule has 0 saturated carbocycles. The van der Waals surface area contributed by atoms with E-state index in [0.717, 1.165) is 0 Å². The van der Waals surface area contributed by atoms with Crippen LogP contribution in [0.15, 0.2) is 0 Å². The molecule has 0 aromatic heterocycles.